The number of hydrogen-bond acceptors (Lipinski definition) is 14. The number of cyclic esters (lactones) is 1. The first-order valence-corrected chi connectivity index (χ1v) is 18.5. The molecule has 5 N–H and O–H groups in total. The van der Waals surface area contributed by atoms with Crippen LogP contribution in [0.5, 0.6) is 0 Å². The van der Waals surface area contributed by atoms with E-state index in [9.17, 15) is 39.9 Å². The Balaban J connectivity index is 1.96. The molecule has 3 aliphatic rings. The van der Waals surface area contributed by atoms with Crippen molar-refractivity contribution in [1.82, 2.24) is 4.90 Å². The van der Waals surface area contributed by atoms with Crippen molar-refractivity contribution in [3.05, 3.63) is 23.8 Å². The molecule has 2 saturated heterocycles. The number of nitrogens with zero attached hydrogens (tertiary/aromatic N) is 1. The Morgan fingerprint density at radius 3 is 2.27 bits per heavy atom. The first-order valence-electron chi connectivity index (χ1n) is 18.5. The van der Waals surface area contributed by atoms with Crippen molar-refractivity contribution in [2.24, 2.45) is 23.7 Å². The fraction of sp³-hybridized carbons (Fsp3) is 0.816. The van der Waals surface area contributed by atoms with Crippen LogP contribution in [-0.4, -0.2) is 142 Å². The van der Waals surface area contributed by atoms with Crippen LogP contribution in [-0.2, 0) is 38.1 Å². The number of allylic oxidation sites excluding steroid dienone is 3. The Labute approximate surface area is 308 Å². The monoisotopic (exact) mass is 741 g/mol. The summed E-state index contributed by atoms with van der Waals surface area (Å²) in [6, 6.07) is -0.720. The maximum absolute atomic E-state index is 13.3. The highest BCUT2D eigenvalue weighted by molar-refractivity contribution is 5.91. The molecule has 0 aromatic heterocycles. The third kappa shape index (κ3) is 11.2. The van der Waals surface area contributed by atoms with E-state index in [-0.39, 0.29) is 31.7 Å². The van der Waals surface area contributed by atoms with Crippen molar-refractivity contribution in [1.29, 1.82) is 0 Å². The predicted octanol–water partition coefficient (Wildman–Crippen LogP) is 1.67. The third-order valence-corrected chi connectivity index (χ3v) is 10.9. The largest absolute Gasteiger partial charge is 0.462 e. The van der Waals surface area contributed by atoms with Crippen LogP contribution in [0, 0.1) is 23.7 Å². The predicted molar refractivity (Wildman–Crippen MR) is 190 cm³/mol. The lowest BCUT2D eigenvalue weighted by atomic mass is 9.79. The Kier molecular flexibility index (Phi) is 16.6. The number of likely N-dealkylation sites (N-methyl/N-ethyl adjacent to an activating group) is 1. The summed E-state index contributed by atoms with van der Waals surface area (Å²) >= 11 is 0. The van der Waals surface area contributed by atoms with Crippen LogP contribution < -0.4 is 0 Å². The second kappa shape index (κ2) is 19.5. The number of aliphatic hydroxyl groups excluding tert-OH is 4. The second-order valence-electron chi connectivity index (χ2n) is 15.5. The van der Waals surface area contributed by atoms with Gasteiger partial charge in [0.25, 0.3) is 0 Å². The fourth-order valence-electron chi connectivity index (χ4n) is 7.68. The summed E-state index contributed by atoms with van der Waals surface area (Å²) in [5.41, 5.74) is -0.773. The van der Waals surface area contributed by atoms with E-state index in [0.29, 0.717) is 12.0 Å². The van der Waals surface area contributed by atoms with Gasteiger partial charge < -0.3 is 58.9 Å². The lowest BCUT2D eigenvalue weighted by Crippen LogP contribution is -2.65. The molecule has 5 unspecified atom stereocenters. The van der Waals surface area contributed by atoms with Crippen LogP contribution in [0.2, 0.25) is 0 Å². The number of ketones is 1. The van der Waals surface area contributed by atoms with E-state index in [1.807, 2.05) is 6.92 Å². The number of aldehydes is 1. The van der Waals surface area contributed by atoms with Gasteiger partial charge >= 0.3 is 5.97 Å². The Morgan fingerprint density at radius 1 is 1.02 bits per heavy atom. The normalized spacial score (nSPS) is 43.2. The van der Waals surface area contributed by atoms with Gasteiger partial charge in [-0.15, -0.1) is 0 Å². The summed E-state index contributed by atoms with van der Waals surface area (Å²) < 4.78 is 30.7. The zero-order valence-electron chi connectivity index (χ0n) is 32.2. The van der Waals surface area contributed by atoms with E-state index in [4.69, 9.17) is 23.7 Å². The maximum Gasteiger partial charge on any atom is 0.308 e. The third-order valence-electron chi connectivity index (χ3n) is 10.9. The number of ether oxygens (including phenoxy) is 5. The average molecular weight is 742 g/mol. The summed E-state index contributed by atoms with van der Waals surface area (Å²) in [5, 5.41) is 54.5. The van der Waals surface area contributed by atoms with E-state index < -0.39 is 109 Å². The molecule has 3 aliphatic heterocycles. The van der Waals surface area contributed by atoms with Crippen LogP contribution in [0.15, 0.2) is 23.8 Å². The molecule has 0 saturated carbocycles. The summed E-state index contributed by atoms with van der Waals surface area (Å²) in [6.07, 6.45) is -4.08. The first-order chi connectivity index (χ1) is 24.3. The van der Waals surface area contributed by atoms with Gasteiger partial charge in [0.1, 0.15) is 30.7 Å². The topological polar surface area (TPSA) is 202 Å². The van der Waals surface area contributed by atoms with Crippen molar-refractivity contribution in [2.45, 2.75) is 154 Å². The SMILES string of the molecule is CC[C@H]1OC(=O)C[C@@H](O)[C@H](C)[C@@H](O[C@@H]2O[C@H](C)C(O[C@H]3CC(C)(O)C(O)[C@@H](C)O3)C(N(C)C)C2O)[C@@H](CC=O)C[C@@H](C)C(=O)C=CC(C)=C[C@@H]1CO. The zero-order valence-corrected chi connectivity index (χ0v) is 32.2. The second-order valence-corrected chi connectivity index (χ2v) is 15.5. The molecular weight excluding hydrogens is 678 g/mol. The van der Waals surface area contributed by atoms with Gasteiger partial charge in [-0.25, -0.2) is 0 Å². The number of rotatable bonds is 9. The molecular formula is C38H63NO13. The Morgan fingerprint density at radius 2 is 1.69 bits per heavy atom. The molecule has 16 atom stereocenters. The Bertz CT molecular complexity index is 1240. The summed E-state index contributed by atoms with van der Waals surface area (Å²) in [6.45, 7) is 11.6. The van der Waals surface area contributed by atoms with Crippen LogP contribution in [0.4, 0.5) is 0 Å². The van der Waals surface area contributed by atoms with Gasteiger partial charge in [-0.2, -0.15) is 0 Å². The zero-order chi connectivity index (χ0) is 39.1. The van der Waals surface area contributed by atoms with Crippen LogP contribution >= 0.6 is 0 Å². The standard InChI is InChI=1S/C38H63NO13/c1-10-29-26(19-41)15-20(2)11-12-27(42)21(3)16-25(13-14-40)34(22(4)28(43)17-30(44)50-29)52-37-33(45)32(39(8)9)35(23(5)49-37)51-31-18-38(7,47)36(46)24(6)48-31/h11-12,14-15,21-26,28-29,31-37,41,43,45-47H,10,13,16-19H2,1-9H3/t21-,22+,23-,24-,25+,26-,28-,29-,31+,32?,33?,34-,35?,36?,37+,38?/m1/s1. The number of carbonyl (C=O) groups is 3. The van der Waals surface area contributed by atoms with E-state index in [1.54, 1.807) is 65.8 Å². The van der Waals surface area contributed by atoms with Crippen LogP contribution in [0.25, 0.3) is 0 Å². The van der Waals surface area contributed by atoms with Crippen molar-refractivity contribution in [3.63, 3.8) is 0 Å². The molecule has 2 fully saturated rings. The molecule has 0 radical (unpaired) electrons. The quantitative estimate of drug-likeness (QED) is 0.169. The summed E-state index contributed by atoms with van der Waals surface area (Å²) in [7, 11) is 3.51. The van der Waals surface area contributed by atoms with Gasteiger partial charge in [0.2, 0.25) is 0 Å². The smallest absolute Gasteiger partial charge is 0.308 e. The first kappa shape index (κ1) is 44.3. The molecule has 52 heavy (non-hydrogen) atoms. The highest BCUT2D eigenvalue weighted by Gasteiger charge is 2.51. The van der Waals surface area contributed by atoms with E-state index in [1.165, 1.54) is 13.0 Å². The molecule has 3 heterocycles. The van der Waals surface area contributed by atoms with Crippen LogP contribution in [0.1, 0.15) is 80.6 Å². The van der Waals surface area contributed by atoms with E-state index >= 15 is 0 Å². The van der Waals surface area contributed by atoms with Gasteiger partial charge in [-0.1, -0.05) is 38.5 Å². The molecule has 298 valence electrons. The minimum Gasteiger partial charge on any atom is -0.462 e. The molecule has 3 rings (SSSR count). The number of hydrogen-bond donors (Lipinski definition) is 5. The molecule has 0 aromatic rings. The van der Waals surface area contributed by atoms with E-state index in [0.717, 1.165) is 6.29 Å². The van der Waals surface area contributed by atoms with Gasteiger partial charge in [0, 0.05) is 30.6 Å². The van der Waals surface area contributed by atoms with Crippen molar-refractivity contribution >= 4 is 18.0 Å². The molecule has 14 nitrogen and oxygen atoms in total. The minimum absolute atomic E-state index is 0.0210. The number of carbonyl (C=O) groups excluding carboxylic acids is 3. The Hall–Kier alpha value is -2.11. The van der Waals surface area contributed by atoms with Gasteiger partial charge in [-0.05, 0) is 66.6 Å². The van der Waals surface area contributed by atoms with Gasteiger partial charge in [-0.3, -0.25) is 9.59 Å². The molecule has 0 aromatic carbocycles. The van der Waals surface area contributed by atoms with Gasteiger partial charge in [0.15, 0.2) is 18.4 Å². The summed E-state index contributed by atoms with van der Waals surface area (Å²) in [4.78, 5) is 40.3. The molecule has 0 spiro atoms. The molecule has 0 bridgehead atoms. The number of aliphatic hydroxyl groups is 5. The maximum atomic E-state index is 13.3. The van der Waals surface area contributed by atoms with Crippen molar-refractivity contribution in [2.75, 3.05) is 20.7 Å². The lowest BCUT2D eigenvalue weighted by Gasteiger charge is -2.50. The average Bonchev–Trinajstić information content (AvgIpc) is 3.07. The van der Waals surface area contributed by atoms with Gasteiger partial charge in [0.05, 0.1) is 49.1 Å². The van der Waals surface area contributed by atoms with Crippen LogP contribution in [0.3, 0.4) is 0 Å². The minimum atomic E-state index is -1.47. The molecule has 14 heteroatoms. The fourth-order valence-corrected chi connectivity index (χ4v) is 7.68. The highest BCUT2D eigenvalue weighted by atomic mass is 16.7. The lowest BCUT2D eigenvalue weighted by molar-refractivity contribution is -0.341. The highest BCUT2D eigenvalue weighted by Crippen LogP contribution is 2.37. The van der Waals surface area contributed by atoms with E-state index in [2.05, 4.69) is 0 Å². The summed E-state index contributed by atoms with van der Waals surface area (Å²) in [5.74, 6) is -3.38. The van der Waals surface area contributed by atoms with Crippen molar-refractivity contribution < 1.29 is 63.6 Å². The number of esters is 1. The van der Waals surface area contributed by atoms with Crippen molar-refractivity contribution in [3.8, 4) is 0 Å². The molecule has 0 aliphatic carbocycles. The molecule has 0 amide bonds.